The van der Waals surface area contributed by atoms with Crippen molar-refractivity contribution in [2.45, 2.75) is 0 Å². The van der Waals surface area contributed by atoms with E-state index in [1.165, 1.54) is 4.57 Å². The highest BCUT2D eigenvalue weighted by molar-refractivity contribution is 6.32. The minimum Gasteiger partial charge on any atom is -0.497 e. The van der Waals surface area contributed by atoms with Crippen LogP contribution >= 0.6 is 23.2 Å². The molecule has 4 nitrogen and oxygen atoms in total. The molecule has 0 N–H and O–H groups in total. The van der Waals surface area contributed by atoms with E-state index in [2.05, 4.69) is 0 Å². The Balaban J connectivity index is 2.09. The topological polar surface area (TPSA) is 48.3 Å². The van der Waals surface area contributed by atoms with Crippen LogP contribution in [0.25, 0.3) is 21.8 Å². The zero-order chi connectivity index (χ0) is 19.1. The van der Waals surface area contributed by atoms with Crippen molar-refractivity contribution < 1.29 is 9.53 Å². The zero-order valence-electron chi connectivity index (χ0n) is 14.2. The predicted octanol–water partition coefficient (Wildman–Crippen LogP) is 5.16. The number of nitrogens with zero attached hydrogens (tertiary/aromatic N) is 1. The number of methoxy groups -OCH3 is 1. The Morgan fingerprint density at radius 3 is 1.85 bits per heavy atom. The molecule has 0 atom stereocenters. The van der Waals surface area contributed by atoms with Gasteiger partial charge >= 0.3 is 0 Å². The maximum Gasteiger partial charge on any atom is 0.262 e. The second-order valence-electron chi connectivity index (χ2n) is 6.02. The summed E-state index contributed by atoms with van der Waals surface area (Å²) in [5.74, 6) is 0.386. The molecule has 3 aromatic carbocycles. The van der Waals surface area contributed by atoms with Crippen LogP contribution in [0, 0.1) is 0 Å². The number of aromatic nitrogens is 1. The van der Waals surface area contributed by atoms with Gasteiger partial charge in [-0.15, -0.1) is 0 Å². The molecule has 27 heavy (non-hydrogen) atoms. The standard InChI is InChI=1S/C21H13Cl2NO3/c1-27-15-6-2-12(3-7-15)21(26)24-18-8-4-13(22)10-16(18)20(25)17-11-14(23)5-9-19(17)24/h2-11H,1H3. The molecule has 0 aliphatic rings. The molecule has 1 heterocycles. The molecular weight excluding hydrogens is 385 g/mol. The molecule has 0 fully saturated rings. The van der Waals surface area contributed by atoms with Crippen molar-refractivity contribution in [2.24, 2.45) is 0 Å². The fraction of sp³-hybridized carbons (Fsp3) is 0.0476. The number of benzene rings is 3. The lowest BCUT2D eigenvalue weighted by atomic mass is 10.1. The number of carbonyl (C=O) groups excluding carboxylic acids is 1. The molecule has 4 rings (SSSR count). The molecule has 1 aromatic heterocycles. The number of hydrogen-bond acceptors (Lipinski definition) is 3. The van der Waals surface area contributed by atoms with Crippen LogP contribution in [-0.2, 0) is 0 Å². The van der Waals surface area contributed by atoms with Gasteiger partial charge in [-0.1, -0.05) is 23.2 Å². The number of carbonyl (C=O) groups is 1. The van der Waals surface area contributed by atoms with Crippen LogP contribution in [0.15, 0.2) is 65.5 Å². The van der Waals surface area contributed by atoms with Crippen LogP contribution in [0.1, 0.15) is 10.4 Å². The van der Waals surface area contributed by atoms with E-state index in [9.17, 15) is 9.59 Å². The van der Waals surface area contributed by atoms with Crippen molar-refractivity contribution in [3.05, 3.63) is 86.5 Å². The Labute approximate surface area is 164 Å². The fourth-order valence-electron chi connectivity index (χ4n) is 3.13. The predicted molar refractivity (Wildman–Crippen MR) is 108 cm³/mol. The van der Waals surface area contributed by atoms with Crippen LogP contribution in [0.2, 0.25) is 10.0 Å². The zero-order valence-corrected chi connectivity index (χ0v) is 15.7. The molecule has 0 aliphatic carbocycles. The number of pyridine rings is 1. The first-order chi connectivity index (χ1) is 13.0. The second-order valence-corrected chi connectivity index (χ2v) is 6.89. The van der Waals surface area contributed by atoms with E-state index in [0.717, 1.165) is 0 Å². The summed E-state index contributed by atoms with van der Waals surface area (Å²) in [6.07, 6.45) is 0. The molecule has 0 saturated carbocycles. The van der Waals surface area contributed by atoms with Crippen molar-refractivity contribution in [1.29, 1.82) is 0 Å². The SMILES string of the molecule is COc1ccc(C(=O)n2c3ccc(Cl)cc3c(=O)c3cc(Cl)ccc32)cc1. The Bertz CT molecular complexity index is 1190. The second kappa shape index (κ2) is 6.72. The van der Waals surface area contributed by atoms with Gasteiger partial charge in [-0.25, -0.2) is 0 Å². The summed E-state index contributed by atoms with van der Waals surface area (Å²) in [5, 5.41) is 1.56. The molecule has 0 unspecified atom stereocenters. The first kappa shape index (κ1) is 17.6. The summed E-state index contributed by atoms with van der Waals surface area (Å²) in [6.45, 7) is 0. The number of halogens is 2. The number of hydrogen-bond donors (Lipinski definition) is 0. The van der Waals surface area contributed by atoms with Crippen LogP contribution in [0.4, 0.5) is 0 Å². The third-order valence-electron chi connectivity index (χ3n) is 4.43. The molecule has 0 spiro atoms. The molecular formula is C21H13Cl2NO3. The van der Waals surface area contributed by atoms with Crippen LogP contribution in [-0.4, -0.2) is 17.6 Å². The average Bonchev–Trinajstić information content (AvgIpc) is 2.69. The molecule has 0 aliphatic heterocycles. The summed E-state index contributed by atoms with van der Waals surface area (Å²) in [4.78, 5) is 26.2. The Morgan fingerprint density at radius 1 is 0.852 bits per heavy atom. The van der Waals surface area contributed by atoms with E-state index in [4.69, 9.17) is 27.9 Å². The quantitative estimate of drug-likeness (QED) is 0.439. The molecule has 0 saturated heterocycles. The molecule has 0 bridgehead atoms. The highest BCUT2D eigenvalue weighted by atomic mass is 35.5. The minimum absolute atomic E-state index is 0.219. The maximum absolute atomic E-state index is 13.3. The van der Waals surface area contributed by atoms with Gasteiger partial charge < -0.3 is 4.74 Å². The fourth-order valence-corrected chi connectivity index (χ4v) is 3.47. The molecule has 0 radical (unpaired) electrons. The van der Waals surface area contributed by atoms with Gasteiger partial charge in [0.2, 0.25) is 0 Å². The van der Waals surface area contributed by atoms with E-state index in [1.54, 1.807) is 67.8 Å². The largest absolute Gasteiger partial charge is 0.497 e. The van der Waals surface area contributed by atoms with Gasteiger partial charge in [-0.05, 0) is 60.7 Å². The highest BCUT2D eigenvalue weighted by Gasteiger charge is 2.18. The van der Waals surface area contributed by atoms with Crippen molar-refractivity contribution in [3.63, 3.8) is 0 Å². The average molecular weight is 398 g/mol. The van der Waals surface area contributed by atoms with Gasteiger partial charge in [0, 0.05) is 26.4 Å². The number of rotatable bonds is 2. The summed E-state index contributed by atoms with van der Waals surface area (Å²) in [7, 11) is 1.56. The smallest absolute Gasteiger partial charge is 0.262 e. The molecule has 4 aromatic rings. The van der Waals surface area contributed by atoms with Gasteiger partial charge in [-0.3, -0.25) is 14.2 Å². The Morgan fingerprint density at radius 2 is 1.37 bits per heavy atom. The maximum atomic E-state index is 13.3. The van der Waals surface area contributed by atoms with Crippen molar-refractivity contribution >= 4 is 50.9 Å². The summed E-state index contributed by atoms with van der Waals surface area (Å²) >= 11 is 12.2. The van der Waals surface area contributed by atoms with E-state index >= 15 is 0 Å². The molecule has 0 amide bonds. The first-order valence-corrected chi connectivity index (χ1v) is 8.87. The summed E-state index contributed by atoms with van der Waals surface area (Å²) in [5.41, 5.74) is 1.22. The molecule has 134 valence electrons. The Hall–Kier alpha value is -2.82. The van der Waals surface area contributed by atoms with Crippen LogP contribution in [0.3, 0.4) is 0 Å². The van der Waals surface area contributed by atoms with Crippen LogP contribution < -0.4 is 10.2 Å². The van der Waals surface area contributed by atoms with Crippen molar-refractivity contribution in [3.8, 4) is 5.75 Å². The highest BCUT2D eigenvalue weighted by Crippen LogP contribution is 2.25. The normalized spacial score (nSPS) is 11.1. The van der Waals surface area contributed by atoms with Crippen LogP contribution in [0.5, 0.6) is 5.75 Å². The minimum atomic E-state index is -0.266. The van der Waals surface area contributed by atoms with Gasteiger partial charge in [-0.2, -0.15) is 0 Å². The first-order valence-electron chi connectivity index (χ1n) is 8.12. The Kier molecular flexibility index (Phi) is 4.38. The number of fused-ring (bicyclic) bond motifs is 2. The van der Waals surface area contributed by atoms with E-state index < -0.39 is 0 Å². The van der Waals surface area contributed by atoms with Gasteiger partial charge in [0.25, 0.3) is 5.91 Å². The third-order valence-corrected chi connectivity index (χ3v) is 4.90. The molecule has 6 heteroatoms. The number of ether oxygens (including phenoxy) is 1. The lowest BCUT2D eigenvalue weighted by molar-refractivity contribution is 0.0969. The van der Waals surface area contributed by atoms with Crippen molar-refractivity contribution in [2.75, 3.05) is 7.11 Å². The lowest BCUT2D eigenvalue weighted by Gasteiger charge is -2.14. The summed E-state index contributed by atoms with van der Waals surface area (Å²) < 4.78 is 6.66. The third kappa shape index (κ3) is 2.97. The lowest BCUT2D eigenvalue weighted by Crippen LogP contribution is -2.18. The van der Waals surface area contributed by atoms with E-state index in [-0.39, 0.29) is 11.3 Å². The van der Waals surface area contributed by atoms with E-state index in [0.29, 0.717) is 43.2 Å². The monoisotopic (exact) mass is 397 g/mol. The van der Waals surface area contributed by atoms with Crippen molar-refractivity contribution in [1.82, 2.24) is 4.57 Å². The van der Waals surface area contributed by atoms with Gasteiger partial charge in [0.15, 0.2) is 5.43 Å². The summed E-state index contributed by atoms with van der Waals surface area (Å²) in [6, 6.07) is 16.6. The van der Waals surface area contributed by atoms with E-state index in [1.807, 2.05) is 0 Å². The van der Waals surface area contributed by atoms with Gasteiger partial charge in [0.05, 0.1) is 18.1 Å². The van der Waals surface area contributed by atoms with Gasteiger partial charge in [0.1, 0.15) is 5.75 Å².